The van der Waals surface area contributed by atoms with Crippen LogP contribution in [0.1, 0.15) is 30.1 Å². The highest BCUT2D eigenvalue weighted by Crippen LogP contribution is 2.27. The molecule has 3 N–H and O–H groups in total. The Morgan fingerprint density at radius 3 is 2.60 bits per heavy atom. The number of rotatable bonds is 4. The fourth-order valence-corrected chi connectivity index (χ4v) is 3.49. The van der Waals surface area contributed by atoms with E-state index in [2.05, 4.69) is 27.2 Å². The Hall–Kier alpha value is -2.66. The Labute approximate surface area is 147 Å². The molecule has 2 aromatic carbocycles. The summed E-state index contributed by atoms with van der Waals surface area (Å²) < 4.78 is 0. The highest BCUT2D eigenvalue weighted by molar-refractivity contribution is 5.53. The Morgan fingerprint density at radius 2 is 1.84 bits per heavy atom. The number of nitrogens with two attached hydrogens (primary N) is 1. The number of likely N-dealkylation sites (tertiary alicyclic amines) is 1. The average Bonchev–Trinajstić information content (AvgIpc) is 3.13. The zero-order chi connectivity index (χ0) is 17.1. The lowest BCUT2D eigenvalue weighted by Gasteiger charge is -2.30. The van der Waals surface area contributed by atoms with Gasteiger partial charge >= 0.3 is 0 Å². The summed E-state index contributed by atoms with van der Waals surface area (Å²) in [5.41, 5.74) is 9.05. The molecule has 0 atom stereocenters. The Kier molecular flexibility index (Phi) is 4.48. The number of piperidine rings is 1. The summed E-state index contributed by atoms with van der Waals surface area (Å²) in [5, 5.41) is 7.54. The van der Waals surface area contributed by atoms with E-state index in [4.69, 9.17) is 10.7 Å². The molecule has 25 heavy (non-hydrogen) atoms. The van der Waals surface area contributed by atoms with Crippen molar-refractivity contribution in [3.63, 3.8) is 0 Å². The van der Waals surface area contributed by atoms with Gasteiger partial charge < -0.3 is 5.73 Å². The van der Waals surface area contributed by atoms with Crippen molar-refractivity contribution in [2.24, 2.45) is 0 Å². The first-order chi connectivity index (χ1) is 12.3. The molecule has 1 aliphatic heterocycles. The van der Waals surface area contributed by atoms with Crippen molar-refractivity contribution < 1.29 is 0 Å². The molecule has 0 radical (unpaired) electrons. The van der Waals surface area contributed by atoms with Crippen LogP contribution in [-0.2, 0) is 6.54 Å². The topological polar surface area (TPSA) is 70.8 Å². The minimum absolute atomic E-state index is 0.460. The van der Waals surface area contributed by atoms with E-state index in [-0.39, 0.29) is 0 Å². The molecule has 5 nitrogen and oxygen atoms in total. The Bertz CT molecular complexity index is 819. The van der Waals surface area contributed by atoms with Crippen molar-refractivity contribution in [1.82, 2.24) is 20.1 Å². The monoisotopic (exact) mass is 333 g/mol. The summed E-state index contributed by atoms with van der Waals surface area (Å²) >= 11 is 0. The average molecular weight is 333 g/mol. The standard InChI is InChI=1S/C20H23N5/c21-18-8-4-5-15(13-18)14-25-11-9-17(10-12-25)20-22-19(23-24-20)16-6-2-1-3-7-16/h1-8,13,17H,9-12,14,21H2,(H,22,23,24). The van der Waals surface area contributed by atoms with Crippen LogP contribution in [0.15, 0.2) is 54.6 Å². The fraction of sp³-hybridized carbons (Fsp3) is 0.300. The van der Waals surface area contributed by atoms with E-state index in [1.807, 2.05) is 42.5 Å². The molecule has 0 unspecified atom stereocenters. The highest BCUT2D eigenvalue weighted by Gasteiger charge is 2.23. The molecule has 4 rings (SSSR count). The third-order valence-corrected chi connectivity index (χ3v) is 4.87. The Balaban J connectivity index is 1.37. The van der Waals surface area contributed by atoms with Crippen LogP contribution >= 0.6 is 0 Å². The summed E-state index contributed by atoms with van der Waals surface area (Å²) in [4.78, 5) is 7.21. The van der Waals surface area contributed by atoms with Crippen LogP contribution in [0.4, 0.5) is 5.69 Å². The van der Waals surface area contributed by atoms with Crippen molar-refractivity contribution in [2.75, 3.05) is 18.8 Å². The first kappa shape index (κ1) is 15.8. The number of anilines is 1. The van der Waals surface area contributed by atoms with E-state index in [0.717, 1.165) is 55.4 Å². The summed E-state index contributed by atoms with van der Waals surface area (Å²) in [5.74, 6) is 2.27. The number of nitrogens with zero attached hydrogens (tertiary/aromatic N) is 3. The number of benzene rings is 2. The number of nitrogens with one attached hydrogen (secondary N) is 1. The van der Waals surface area contributed by atoms with Gasteiger partial charge in [0.25, 0.3) is 0 Å². The molecule has 1 aromatic heterocycles. The van der Waals surface area contributed by atoms with Gasteiger partial charge in [-0.05, 0) is 43.6 Å². The molecule has 1 saturated heterocycles. The second-order valence-corrected chi connectivity index (χ2v) is 6.71. The maximum atomic E-state index is 5.87. The number of H-pyrrole nitrogens is 1. The molecule has 2 heterocycles. The Morgan fingerprint density at radius 1 is 1.04 bits per heavy atom. The fourth-order valence-electron chi connectivity index (χ4n) is 3.49. The molecule has 0 bridgehead atoms. The van der Waals surface area contributed by atoms with Crippen LogP contribution in [0, 0.1) is 0 Å². The number of aromatic nitrogens is 3. The summed E-state index contributed by atoms with van der Waals surface area (Å²) in [6, 6.07) is 18.3. The number of hydrogen-bond acceptors (Lipinski definition) is 4. The van der Waals surface area contributed by atoms with E-state index >= 15 is 0 Å². The molecular formula is C20H23N5. The third-order valence-electron chi connectivity index (χ3n) is 4.87. The number of nitrogen functional groups attached to an aromatic ring is 1. The van der Waals surface area contributed by atoms with Gasteiger partial charge in [0.2, 0.25) is 0 Å². The molecule has 3 aromatic rings. The molecule has 1 aliphatic rings. The van der Waals surface area contributed by atoms with Gasteiger partial charge in [0.1, 0.15) is 5.82 Å². The predicted octanol–water partition coefficient (Wildman–Crippen LogP) is 3.43. The van der Waals surface area contributed by atoms with Crippen molar-refractivity contribution in [3.05, 3.63) is 66.0 Å². The van der Waals surface area contributed by atoms with Crippen molar-refractivity contribution >= 4 is 5.69 Å². The van der Waals surface area contributed by atoms with Crippen molar-refractivity contribution in [1.29, 1.82) is 0 Å². The van der Waals surface area contributed by atoms with Gasteiger partial charge in [-0.25, -0.2) is 4.98 Å². The molecule has 0 amide bonds. The van der Waals surface area contributed by atoms with Gasteiger partial charge in [-0.1, -0.05) is 42.5 Å². The van der Waals surface area contributed by atoms with E-state index < -0.39 is 0 Å². The summed E-state index contributed by atoms with van der Waals surface area (Å²) in [6.45, 7) is 3.10. The zero-order valence-electron chi connectivity index (χ0n) is 14.2. The maximum absolute atomic E-state index is 5.87. The quantitative estimate of drug-likeness (QED) is 0.718. The van der Waals surface area contributed by atoms with Gasteiger partial charge in [-0.3, -0.25) is 10.00 Å². The zero-order valence-corrected chi connectivity index (χ0v) is 14.2. The van der Waals surface area contributed by atoms with E-state index in [1.54, 1.807) is 0 Å². The number of hydrogen-bond donors (Lipinski definition) is 2. The van der Waals surface area contributed by atoms with Crippen LogP contribution in [0.25, 0.3) is 11.4 Å². The minimum atomic E-state index is 0.460. The van der Waals surface area contributed by atoms with E-state index in [0.29, 0.717) is 5.92 Å². The molecule has 5 heteroatoms. The molecular weight excluding hydrogens is 310 g/mol. The van der Waals surface area contributed by atoms with Gasteiger partial charge in [0, 0.05) is 23.7 Å². The van der Waals surface area contributed by atoms with E-state index in [9.17, 15) is 0 Å². The second kappa shape index (κ2) is 7.07. The van der Waals surface area contributed by atoms with Crippen molar-refractivity contribution in [3.8, 4) is 11.4 Å². The molecule has 1 fully saturated rings. The third kappa shape index (κ3) is 3.72. The van der Waals surface area contributed by atoms with Crippen LogP contribution in [-0.4, -0.2) is 33.2 Å². The van der Waals surface area contributed by atoms with Gasteiger partial charge in [-0.2, -0.15) is 5.10 Å². The van der Waals surface area contributed by atoms with Gasteiger partial charge in [0.15, 0.2) is 5.82 Å². The van der Waals surface area contributed by atoms with Crippen LogP contribution in [0.2, 0.25) is 0 Å². The van der Waals surface area contributed by atoms with E-state index in [1.165, 1.54) is 5.56 Å². The largest absolute Gasteiger partial charge is 0.399 e. The lowest BCUT2D eigenvalue weighted by molar-refractivity contribution is 0.202. The smallest absolute Gasteiger partial charge is 0.181 e. The van der Waals surface area contributed by atoms with Crippen molar-refractivity contribution in [2.45, 2.75) is 25.3 Å². The molecule has 0 saturated carbocycles. The second-order valence-electron chi connectivity index (χ2n) is 6.71. The normalized spacial score (nSPS) is 16.2. The summed E-state index contributed by atoms with van der Waals surface area (Å²) in [7, 11) is 0. The first-order valence-corrected chi connectivity index (χ1v) is 8.82. The molecule has 0 aliphatic carbocycles. The molecule has 128 valence electrons. The van der Waals surface area contributed by atoms with Crippen LogP contribution in [0.5, 0.6) is 0 Å². The lowest BCUT2D eigenvalue weighted by Crippen LogP contribution is -2.32. The maximum Gasteiger partial charge on any atom is 0.181 e. The summed E-state index contributed by atoms with van der Waals surface area (Å²) in [6.07, 6.45) is 2.21. The van der Waals surface area contributed by atoms with Crippen LogP contribution in [0.3, 0.4) is 0 Å². The van der Waals surface area contributed by atoms with Gasteiger partial charge in [0.05, 0.1) is 0 Å². The van der Waals surface area contributed by atoms with Gasteiger partial charge in [-0.15, -0.1) is 0 Å². The lowest BCUT2D eigenvalue weighted by atomic mass is 9.96. The SMILES string of the molecule is Nc1cccc(CN2CCC(c3nc(-c4ccccc4)n[nH]3)CC2)c1. The first-order valence-electron chi connectivity index (χ1n) is 8.82. The van der Waals surface area contributed by atoms with Crippen LogP contribution < -0.4 is 5.73 Å². The predicted molar refractivity (Wildman–Crippen MR) is 99.9 cm³/mol. The minimum Gasteiger partial charge on any atom is -0.399 e. The molecule has 0 spiro atoms. The number of aromatic amines is 1. The highest BCUT2D eigenvalue weighted by atomic mass is 15.2.